The van der Waals surface area contributed by atoms with Crippen molar-refractivity contribution >= 4 is 11.8 Å². The Morgan fingerprint density at radius 3 is 2.74 bits per heavy atom. The number of likely N-dealkylation sites (tertiary alicyclic amines) is 1. The highest BCUT2D eigenvalue weighted by molar-refractivity contribution is 6.04. The van der Waals surface area contributed by atoms with E-state index in [9.17, 15) is 9.59 Å². The zero-order valence-corrected chi connectivity index (χ0v) is 13.8. The molecule has 2 aliphatic rings. The number of piperidine rings is 1. The maximum atomic E-state index is 12.7. The Hall–Kier alpha value is -1.85. The van der Waals surface area contributed by atoms with Gasteiger partial charge in [-0.1, -0.05) is 26.2 Å². The molecule has 6 heteroatoms. The summed E-state index contributed by atoms with van der Waals surface area (Å²) in [6.45, 7) is 3.66. The minimum atomic E-state index is -0.230. The fraction of sp³-hybridized carbons (Fsp3) is 0.706. The molecule has 2 amide bonds. The zero-order valence-electron chi connectivity index (χ0n) is 13.8. The molecular weight excluding hydrogens is 292 g/mol. The number of carbonyl (C=O) groups is 2. The zero-order chi connectivity index (χ0) is 16.2. The van der Waals surface area contributed by atoms with Crippen LogP contribution < -0.4 is 5.32 Å². The molecule has 2 heterocycles. The molecule has 2 fully saturated rings. The number of hydrogen-bond donors (Lipinski definition) is 2. The fourth-order valence-electron chi connectivity index (χ4n) is 3.66. The van der Waals surface area contributed by atoms with E-state index in [4.69, 9.17) is 0 Å². The molecule has 1 saturated heterocycles. The molecule has 0 radical (unpaired) electrons. The molecule has 0 aromatic carbocycles. The Morgan fingerprint density at radius 2 is 2.00 bits per heavy atom. The van der Waals surface area contributed by atoms with Gasteiger partial charge in [-0.2, -0.15) is 0 Å². The maximum absolute atomic E-state index is 12.7. The monoisotopic (exact) mass is 318 g/mol. The summed E-state index contributed by atoms with van der Waals surface area (Å²) in [6.07, 6.45) is 9.20. The second-order valence-electron chi connectivity index (χ2n) is 6.93. The van der Waals surface area contributed by atoms with Crippen molar-refractivity contribution in [2.75, 3.05) is 13.1 Å². The molecule has 1 aromatic rings. The fourth-order valence-corrected chi connectivity index (χ4v) is 3.66. The topological polar surface area (TPSA) is 78.1 Å². The van der Waals surface area contributed by atoms with Crippen LogP contribution in [0.15, 0.2) is 6.33 Å². The SMILES string of the molecule is C[C@H]1CCCN(C(=O)c2[nH]cnc2C(=O)NC2CCCCC2)C1. The molecule has 0 unspecified atom stereocenters. The summed E-state index contributed by atoms with van der Waals surface area (Å²) < 4.78 is 0. The number of nitrogens with zero attached hydrogens (tertiary/aromatic N) is 2. The van der Waals surface area contributed by atoms with Gasteiger partial charge in [0.2, 0.25) is 0 Å². The van der Waals surface area contributed by atoms with Crippen LogP contribution in [0.5, 0.6) is 0 Å². The van der Waals surface area contributed by atoms with E-state index in [1.54, 1.807) is 0 Å². The minimum Gasteiger partial charge on any atom is -0.348 e. The average molecular weight is 318 g/mol. The van der Waals surface area contributed by atoms with Gasteiger partial charge in [0.25, 0.3) is 11.8 Å². The molecule has 2 N–H and O–H groups in total. The van der Waals surface area contributed by atoms with E-state index >= 15 is 0 Å². The van der Waals surface area contributed by atoms with Gasteiger partial charge in [-0.15, -0.1) is 0 Å². The summed E-state index contributed by atoms with van der Waals surface area (Å²) in [5.41, 5.74) is 0.561. The van der Waals surface area contributed by atoms with Gasteiger partial charge in [0.15, 0.2) is 5.69 Å². The highest BCUT2D eigenvalue weighted by Gasteiger charge is 2.28. The lowest BCUT2D eigenvalue weighted by molar-refractivity contribution is 0.0672. The van der Waals surface area contributed by atoms with Gasteiger partial charge < -0.3 is 15.2 Å². The van der Waals surface area contributed by atoms with E-state index < -0.39 is 0 Å². The third-order valence-corrected chi connectivity index (χ3v) is 4.95. The molecule has 3 rings (SSSR count). The quantitative estimate of drug-likeness (QED) is 0.898. The number of imidazole rings is 1. The van der Waals surface area contributed by atoms with E-state index in [2.05, 4.69) is 22.2 Å². The van der Waals surface area contributed by atoms with Crippen LogP contribution >= 0.6 is 0 Å². The molecule has 1 saturated carbocycles. The van der Waals surface area contributed by atoms with Crippen LogP contribution in [0.1, 0.15) is 72.8 Å². The normalized spacial score (nSPS) is 22.8. The van der Waals surface area contributed by atoms with E-state index in [0.29, 0.717) is 11.6 Å². The van der Waals surface area contributed by atoms with Crippen molar-refractivity contribution < 1.29 is 9.59 Å². The average Bonchev–Trinajstić information content (AvgIpc) is 3.05. The van der Waals surface area contributed by atoms with Gasteiger partial charge >= 0.3 is 0 Å². The van der Waals surface area contributed by atoms with E-state index in [0.717, 1.165) is 51.6 Å². The summed E-state index contributed by atoms with van der Waals surface area (Å²) in [6, 6.07) is 0.214. The standard InChI is InChI=1S/C17H26N4O2/c1-12-6-5-9-21(10-12)17(23)15-14(18-11-19-15)16(22)20-13-7-3-2-4-8-13/h11-13H,2-10H2,1H3,(H,18,19)(H,20,22)/t12-/m0/s1. The lowest BCUT2D eigenvalue weighted by Crippen LogP contribution is -2.41. The number of nitrogens with one attached hydrogen (secondary N) is 2. The number of hydrogen-bond acceptors (Lipinski definition) is 3. The number of rotatable bonds is 3. The van der Waals surface area contributed by atoms with E-state index in [1.165, 1.54) is 12.7 Å². The molecule has 6 nitrogen and oxygen atoms in total. The van der Waals surface area contributed by atoms with Crippen LogP contribution in [0, 0.1) is 5.92 Å². The number of aromatic nitrogens is 2. The summed E-state index contributed by atoms with van der Waals surface area (Å²) in [7, 11) is 0. The van der Waals surface area contributed by atoms with Gasteiger partial charge in [-0.25, -0.2) is 4.98 Å². The number of amides is 2. The first-order valence-corrected chi connectivity index (χ1v) is 8.78. The van der Waals surface area contributed by atoms with Gasteiger partial charge in [0, 0.05) is 19.1 Å². The lowest BCUT2D eigenvalue weighted by Gasteiger charge is -2.30. The van der Waals surface area contributed by atoms with Crippen LogP contribution in [0.25, 0.3) is 0 Å². The number of H-pyrrole nitrogens is 1. The smallest absolute Gasteiger partial charge is 0.272 e. The summed E-state index contributed by atoms with van der Waals surface area (Å²) >= 11 is 0. The van der Waals surface area contributed by atoms with Crippen LogP contribution in [-0.4, -0.2) is 45.8 Å². The Kier molecular flexibility index (Phi) is 4.98. The van der Waals surface area contributed by atoms with Gasteiger partial charge in [0.05, 0.1) is 6.33 Å². The Labute approximate surface area is 137 Å². The maximum Gasteiger partial charge on any atom is 0.272 e. The Balaban J connectivity index is 1.68. The molecular formula is C17H26N4O2. The third kappa shape index (κ3) is 3.74. The van der Waals surface area contributed by atoms with E-state index in [1.807, 2.05) is 4.90 Å². The van der Waals surface area contributed by atoms with Crippen molar-refractivity contribution in [3.63, 3.8) is 0 Å². The first kappa shape index (κ1) is 16.0. The minimum absolute atomic E-state index is 0.108. The number of aromatic amines is 1. The second kappa shape index (κ2) is 7.15. The summed E-state index contributed by atoms with van der Waals surface area (Å²) in [5.74, 6) is 0.171. The van der Waals surface area contributed by atoms with Gasteiger partial charge in [-0.3, -0.25) is 9.59 Å². The molecule has 23 heavy (non-hydrogen) atoms. The predicted octanol–water partition coefficient (Wildman–Crippen LogP) is 2.34. The molecule has 1 aliphatic heterocycles. The second-order valence-corrected chi connectivity index (χ2v) is 6.93. The van der Waals surface area contributed by atoms with Gasteiger partial charge in [-0.05, 0) is 31.6 Å². The Morgan fingerprint density at radius 1 is 1.22 bits per heavy atom. The first-order valence-electron chi connectivity index (χ1n) is 8.78. The first-order chi connectivity index (χ1) is 11.1. The van der Waals surface area contributed by atoms with Crippen molar-refractivity contribution in [2.24, 2.45) is 5.92 Å². The van der Waals surface area contributed by atoms with Crippen LogP contribution in [0.4, 0.5) is 0 Å². The molecule has 1 aliphatic carbocycles. The molecule has 0 bridgehead atoms. The van der Waals surface area contributed by atoms with Crippen LogP contribution in [-0.2, 0) is 0 Å². The third-order valence-electron chi connectivity index (χ3n) is 4.95. The lowest BCUT2D eigenvalue weighted by atomic mass is 9.95. The van der Waals surface area contributed by atoms with Crippen molar-refractivity contribution in [2.45, 2.75) is 57.9 Å². The largest absolute Gasteiger partial charge is 0.348 e. The Bertz CT molecular complexity index is 563. The molecule has 1 atom stereocenters. The van der Waals surface area contributed by atoms with Crippen molar-refractivity contribution in [3.05, 3.63) is 17.7 Å². The van der Waals surface area contributed by atoms with Crippen molar-refractivity contribution in [3.8, 4) is 0 Å². The van der Waals surface area contributed by atoms with Crippen molar-refractivity contribution in [1.82, 2.24) is 20.2 Å². The highest BCUT2D eigenvalue weighted by atomic mass is 16.2. The van der Waals surface area contributed by atoms with E-state index in [-0.39, 0.29) is 23.6 Å². The molecule has 126 valence electrons. The van der Waals surface area contributed by atoms with Crippen molar-refractivity contribution in [1.29, 1.82) is 0 Å². The van der Waals surface area contributed by atoms with Crippen LogP contribution in [0.2, 0.25) is 0 Å². The number of carbonyl (C=O) groups excluding carboxylic acids is 2. The molecule has 1 aromatic heterocycles. The molecule has 0 spiro atoms. The summed E-state index contributed by atoms with van der Waals surface area (Å²) in [5, 5.41) is 3.04. The predicted molar refractivity (Wildman–Crippen MR) is 87.2 cm³/mol. The highest BCUT2D eigenvalue weighted by Crippen LogP contribution is 2.20. The van der Waals surface area contributed by atoms with Gasteiger partial charge in [0.1, 0.15) is 5.69 Å². The van der Waals surface area contributed by atoms with Crippen LogP contribution in [0.3, 0.4) is 0 Å². The summed E-state index contributed by atoms with van der Waals surface area (Å²) in [4.78, 5) is 34.0.